The standard InChI is InChI=1S/C13H11ClN2O5/c14-8-5-7(13(20)21)1-2-9(8)15-10-6-11(18)16(3-4-17)12(10)19/h1-2,5-6,15,17H,3-4H2,(H,20,21). The Morgan fingerprint density at radius 2 is 2.05 bits per heavy atom. The van der Waals surface area contributed by atoms with E-state index < -0.39 is 17.8 Å². The van der Waals surface area contributed by atoms with Gasteiger partial charge in [-0.3, -0.25) is 14.5 Å². The number of nitrogens with zero attached hydrogens (tertiary/aromatic N) is 1. The van der Waals surface area contributed by atoms with Crippen LogP contribution in [-0.2, 0) is 9.59 Å². The third-order valence-electron chi connectivity index (χ3n) is 2.82. The minimum absolute atomic E-state index is 0.00950. The molecule has 1 aromatic rings. The second-order valence-corrected chi connectivity index (χ2v) is 4.61. The van der Waals surface area contributed by atoms with E-state index in [1.54, 1.807) is 0 Å². The Kier molecular flexibility index (Phi) is 4.25. The van der Waals surface area contributed by atoms with Gasteiger partial charge in [0.1, 0.15) is 5.70 Å². The van der Waals surface area contributed by atoms with Gasteiger partial charge in [-0.15, -0.1) is 0 Å². The molecule has 0 radical (unpaired) electrons. The maximum absolute atomic E-state index is 11.9. The molecule has 0 unspecified atom stereocenters. The van der Waals surface area contributed by atoms with E-state index in [0.29, 0.717) is 5.69 Å². The summed E-state index contributed by atoms with van der Waals surface area (Å²) in [6, 6.07) is 3.96. The molecule has 0 saturated carbocycles. The number of aliphatic hydroxyl groups excluding tert-OH is 1. The quantitative estimate of drug-likeness (QED) is 0.691. The molecule has 2 rings (SSSR count). The van der Waals surface area contributed by atoms with Gasteiger partial charge in [-0.2, -0.15) is 0 Å². The number of nitrogens with one attached hydrogen (secondary N) is 1. The Bertz CT molecular complexity index is 656. The zero-order chi connectivity index (χ0) is 15.6. The van der Waals surface area contributed by atoms with Gasteiger partial charge in [-0.05, 0) is 18.2 Å². The summed E-state index contributed by atoms with van der Waals surface area (Å²) in [6.07, 6.45) is 1.10. The molecule has 8 heteroatoms. The molecule has 0 saturated heterocycles. The van der Waals surface area contributed by atoms with E-state index in [2.05, 4.69) is 5.32 Å². The molecule has 0 bridgehead atoms. The van der Waals surface area contributed by atoms with Gasteiger partial charge < -0.3 is 15.5 Å². The zero-order valence-corrected chi connectivity index (χ0v) is 11.4. The van der Waals surface area contributed by atoms with E-state index in [1.807, 2.05) is 0 Å². The monoisotopic (exact) mass is 310 g/mol. The third-order valence-corrected chi connectivity index (χ3v) is 3.13. The molecule has 3 N–H and O–H groups in total. The van der Waals surface area contributed by atoms with Crippen LogP contribution in [0.4, 0.5) is 5.69 Å². The number of benzene rings is 1. The number of aromatic carboxylic acids is 1. The summed E-state index contributed by atoms with van der Waals surface area (Å²) >= 11 is 5.93. The lowest BCUT2D eigenvalue weighted by atomic mass is 10.2. The fourth-order valence-electron chi connectivity index (χ4n) is 1.80. The van der Waals surface area contributed by atoms with Crippen molar-refractivity contribution >= 4 is 35.1 Å². The van der Waals surface area contributed by atoms with Crippen LogP contribution in [0.2, 0.25) is 5.02 Å². The lowest BCUT2D eigenvalue weighted by molar-refractivity contribution is -0.137. The number of carboxylic acids is 1. The van der Waals surface area contributed by atoms with Gasteiger partial charge in [0.25, 0.3) is 11.8 Å². The highest BCUT2D eigenvalue weighted by atomic mass is 35.5. The van der Waals surface area contributed by atoms with Crippen LogP contribution in [0.5, 0.6) is 0 Å². The number of β-amino-alcohol motifs (C(OH)–C–C–N with tert-alkyl or cyclic N) is 1. The molecule has 0 fully saturated rings. The first-order valence-corrected chi connectivity index (χ1v) is 6.30. The Morgan fingerprint density at radius 1 is 1.33 bits per heavy atom. The minimum atomic E-state index is -1.12. The normalized spacial score (nSPS) is 14.4. The van der Waals surface area contributed by atoms with Gasteiger partial charge >= 0.3 is 5.97 Å². The van der Waals surface area contributed by atoms with Gasteiger partial charge in [0.2, 0.25) is 0 Å². The number of aliphatic hydroxyl groups is 1. The van der Waals surface area contributed by atoms with Crippen molar-refractivity contribution in [1.82, 2.24) is 4.90 Å². The molecule has 1 aliphatic heterocycles. The van der Waals surface area contributed by atoms with Gasteiger partial charge in [0, 0.05) is 6.08 Å². The van der Waals surface area contributed by atoms with E-state index in [0.717, 1.165) is 11.0 Å². The Balaban J connectivity index is 2.20. The second-order valence-electron chi connectivity index (χ2n) is 4.20. The lowest BCUT2D eigenvalue weighted by Crippen LogP contribution is -2.34. The number of anilines is 1. The van der Waals surface area contributed by atoms with E-state index >= 15 is 0 Å². The third kappa shape index (κ3) is 3.04. The number of hydrogen-bond acceptors (Lipinski definition) is 5. The molecular formula is C13H11ClN2O5. The molecule has 0 aliphatic carbocycles. The van der Waals surface area contributed by atoms with Crippen LogP contribution in [0.25, 0.3) is 0 Å². The summed E-state index contributed by atoms with van der Waals surface area (Å²) in [4.78, 5) is 35.2. The molecule has 2 amide bonds. The number of carbonyl (C=O) groups excluding carboxylic acids is 2. The number of rotatable bonds is 5. The highest BCUT2D eigenvalue weighted by Crippen LogP contribution is 2.26. The molecule has 110 valence electrons. The molecular weight excluding hydrogens is 300 g/mol. The maximum atomic E-state index is 11.9. The Morgan fingerprint density at radius 3 is 2.62 bits per heavy atom. The molecule has 1 aliphatic rings. The number of halogens is 1. The van der Waals surface area contributed by atoms with Crippen molar-refractivity contribution < 1.29 is 24.6 Å². The van der Waals surface area contributed by atoms with Crippen molar-refractivity contribution in [1.29, 1.82) is 0 Å². The molecule has 21 heavy (non-hydrogen) atoms. The Labute approximate surface area is 124 Å². The van der Waals surface area contributed by atoms with Gasteiger partial charge in [-0.25, -0.2) is 4.79 Å². The lowest BCUT2D eigenvalue weighted by Gasteiger charge is -2.14. The molecule has 0 atom stereocenters. The fourth-order valence-corrected chi connectivity index (χ4v) is 2.03. The summed E-state index contributed by atoms with van der Waals surface area (Å²) in [5.41, 5.74) is 0.327. The topological polar surface area (TPSA) is 107 Å². The van der Waals surface area contributed by atoms with Gasteiger partial charge in [-0.1, -0.05) is 11.6 Å². The van der Waals surface area contributed by atoms with Crippen molar-refractivity contribution in [2.24, 2.45) is 0 Å². The number of hydrogen-bond donors (Lipinski definition) is 3. The summed E-state index contributed by atoms with van der Waals surface area (Å²) in [7, 11) is 0. The van der Waals surface area contributed by atoms with Crippen molar-refractivity contribution in [3.05, 3.63) is 40.6 Å². The smallest absolute Gasteiger partial charge is 0.335 e. The predicted octanol–water partition coefficient (Wildman–Crippen LogP) is 0.695. The highest BCUT2D eigenvalue weighted by Gasteiger charge is 2.30. The first-order valence-electron chi connectivity index (χ1n) is 5.92. The predicted molar refractivity (Wildman–Crippen MR) is 73.9 cm³/mol. The van der Waals surface area contributed by atoms with E-state index in [1.165, 1.54) is 18.2 Å². The largest absolute Gasteiger partial charge is 0.478 e. The number of amides is 2. The van der Waals surface area contributed by atoms with Gasteiger partial charge in [0.15, 0.2) is 0 Å². The van der Waals surface area contributed by atoms with E-state index in [4.69, 9.17) is 21.8 Å². The number of carboxylic acid groups (broad SMARTS) is 1. The second kappa shape index (κ2) is 5.94. The average molecular weight is 311 g/mol. The summed E-state index contributed by atoms with van der Waals surface area (Å²) in [5, 5.41) is 20.4. The van der Waals surface area contributed by atoms with Crippen LogP contribution in [0, 0.1) is 0 Å². The van der Waals surface area contributed by atoms with Crippen LogP contribution in [0.3, 0.4) is 0 Å². The highest BCUT2D eigenvalue weighted by molar-refractivity contribution is 6.34. The molecule has 7 nitrogen and oxygen atoms in total. The fraction of sp³-hybridized carbons (Fsp3) is 0.154. The van der Waals surface area contributed by atoms with Crippen LogP contribution in [-0.4, -0.2) is 46.0 Å². The van der Waals surface area contributed by atoms with E-state index in [-0.39, 0.29) is 29.4 Å². The average Bonchev–Trinajstić information content (AvgIpc) is 2.69. The first kappa shape index (κ1) is 15.0. The van der Waals surface area contributed by atoms with Crippen LogP contribution in [0.1, 0.15) is 10.4 Å². The van der Waals surface area contributed by atoms with Crippen molar-refractivity contribution in [3.8, 4) is 0 Å². The molecule has 0 spiro atoms. The van der Waals surface area contributed by atoms with Gasteiger partial charge in [0.05, 0.1) is 29.4 Å². The molecule has 1 heterocycles. The maximum Gasteiger partial charge on any atom is 0.335 e. The van der Waals surface area contributed by atoms with E-state index in [9.17, 15) is 14.4 Å². The SMILES string of the molecule is O=C(O)c1ccc(NC2=CC(=O)N(CCO)C2=O)c(Cl)c1. The summed E-state index contributed by atoms with van der Waals surface area (Å²) in [5.74, 6) is -2.23. The van der Waals surface area contributed by atoms with Crippen molar-refractivity contribution in [3.63, 3.8) is 0 Å². The Hall–Kier alpha value is -2.38. The first-order chi connectivity index (χ1) is 9.93. The zero-order valence-electron chi connectivity index (χ0n) is 10.7. The summed E-state index contributed by atoms with van der Waals surface area (Å²) in [6.45, 7) is -0.419. The minimum Gasteiger partial charge on any atom is -0.478 e. The van der Waals surface area contributed by atoms with Crippen LogP contribution in [0.15, 0.2) is 30.0 Å². The van der Waals surface area contributed by atoms with Crippen LogP contribution >= 0.6 is 11.6 Å². The molecule has 1 aromatic carbocycles. The van der Waals surface area contributed by atoms with Crippen molar-refractivity contribution in [2.45, 2.75) is 0 Å². The van der Waals surface area contributed by atoms with Crippen LogP contribution < -0.4 is 5.32 Å². The molecule has 0 aromatic heterocycles. The summed E-state index contributed by atoms with van der Waals surface area (Å²) < 4.78 is 0. The number of carbonyl (C=O) groups is 3. The number of imide groups is 1. The van der Waals surface area contributed by atoms with Crippen molar-refractivity contribution in [2.75, 3.05) is 18.5 Å².